The maximum Gasteiger partial charge on any atom is 0.490 e. The molecule has 0 saturated carbocycles. The second-order valence-electron chi connectivity index (χ2n) is 11.6. The number of sulfonamides is 1. The first-order chi connectivity index (χ1) is 25.0. The van der Waals surface area contributed by atoms with E-state index in [-0.39, 0.29) is 23.1 Å². The van der Waals surface area contributed by atoms with Crippen molar-refractivity contribution in [2.24, 2.45) is 17.4 Å². The number of nitrogen functional groups attached to an aromatic ring is 1. The molecule has 0 aliphatic carbocycles. The molecule has 21 heteroatoms. The number of piperidine rings is 1. The third-order valence-corrected chi connectivity index (χ3v) is 9.66. The average Bonchev–Trinajstić information content (AvgIpc) is 3.08. The van der Waals surface area contributed by atoms with E-state index in [2.05, 4.69) is 4.72 Å². The van der Waals surface area contributed by atoms with Gasteiger partial charge in [0.05, 0.1) is 4.90 Å². The Labute approximate surface area is 315 Å². The molecule has 4 rings (SSSR count). The third kappa shape index (κ3) is 14.4. The monoisotopic (exact) mass is 829 g/mol. The summed E-state index contributed by atoms with van der Waals surface area (Å²) >= 11 is 12.4. The smallest absolute Gasteiger partial charge is 0.475 e. The molecule has 296 valence electrons. The molecule has 0 radical (unpaired) electrons. The zero-order valence-corrected chi connectivity index (χ0v) is 30.3. The summed E-state index contributed by atoms with van der Waals surface area (Å²) in [6.07, 6.45) is -7.51. The van der Waals surface area contributed by atoms with E-state index in [0.29, 0.717) is 57.9 Å². The molecule has 1 fully saturated rings. The number of amides is 1. The molecule has 1 atom stereocenters. The molecule has 8 N–H and O–H groups in total. The first-order valence-electron chi connectivity index (χ1n) is 15.6. The Bertz CT molecular complexity index is 1880. The second-order valence-corrected chi connectivity index (χ2v) is 14.2. The van der Waals surface area contributed by atoms with E-state index < -0.39 is 40.4 Å². The predicted octanol–water partition coefficient (Wildman–Crippen LogP) is 5.69. The number of carbonyl (C=O) groups excluding carboxylic acids is 1. The van der Waals surface area contributed by atoms with Gasteiger partial charge in [0.2, 0.25) is 15.9 Å². The number of rotatable bonds is 10. The maximum atomic E-state index is 13.7. The molecule has 0 unspecified atom stereocenters. The van der Waals surface area contributed by atoms with Crippen molar-refractivity contribution in [3.63, 3.8) is 0 Å². The van der Waals surface area contributed by atoms with Crippen LogP contribution in [0.4, 0.5) is 26.3 Å². The molecule has 1 saturated heterocycles. The van der Waals surface area contributed by atoms with Crippen LogP contribution in [0.2, 0.25) is 10.0 Å². The minimum absolute atomic E-state index is 0.00737. The van der Waals surface area contributed by atoms with Gasteiger partial charge in [-0.25, -0.2) is 18.0 Å². The highest BCUT2D eigenvalue weighted by Crippen LogP contribution is 2.32. The molecule has 0 spiro atoms. The van der Waals surface area contributed by atoms with Gasteiger partial charge in [0.25, 0.3) is 0 Å². The van der Waals surface area contributed by atoms with Gasteiger partial charge < -0.3 is 26.6 Å². The van der Waals surface area contributed by atoms with E-state index in [1.165, 1.54) is 12.1 Å². The highest BCUT2D eigenvalue weighted by Gasteiger charge is 2.39. The van der Waals surface area contributed by atoms with E-state index in [0.717, 1.165) is 19.3 Å². The number of aliphatic carboxylic acids is 2. The van der Waals surface area contributed by atoms with Crippen LogP contribution in [-0.2, 0) is 30.8 Å². The maximum absolute atomic E-state index is 13.7. The largest absolute Gasteiger partial charge is 0.490 e. The summed E-state index contributed by atoms with van der Waals surface area (Å²) < 4.78 is 93.4. The molecular weight excluding hydrogens is 795 g/mol. The van der Waals surface area contributed by atoms with Crippen LogP contribution in [0.3, 0.4) is 0 Å². The Morgan fingerprint density at radius 1 is 0.907 bits per heavy atom. The minimum atomic E-state index is -5.08. The highest BCUT2D eigenvalue weighted by molar-refractivity contribution is 7.89. The molecular formula is C33H35Cl2F6N5O7S. The number of nitrogens with two attached hydrogens (primary N) is 2. The Hall–Kier alpha value is -4.43. The fourth-order valence-corrected chi connectivity index (χ4v) is 6.74. The number of carbonyl (C=O) groups is 3. The summed E-state index contributed by atoms with van der Waals surface area (Å²) in [4.78, 5) is 33.3. The van der Waals surface area contributed by atoms with Gasteiger partial charge in [-0.15, -0.1) is 0 Å². The SMILES string of the molecule is N=C(N)c1cccc(C[C@H](NS(=O)(=O)c2cccc(-c3ccc(Cl)cc3Cl)c2)C(=O)N2CCC(CCN)CC2)c1.O=C(O)C(F)(F)F.O=C(O)C(F)(F)F. The molecule has 1 amide bonds. The number of nitrogens with zero attached hydrogens (tertiary/aromatic N) is 1. The highest BCUT2D eigenvalue weighted by atomic mass is 35.5. The van der Waals surface area contributed by atoms with Crippen molar-refractivity contribution in [3.05, 3.63) is 87.9 Å². The summed E-state index contributed by atoms with van der Waals surface area (Å²) in [6, 6.07) is 17.3. The van der Waals surface area contributed by atoms with Crippen LogP contribution >= 0.6 is 23.2 Å². The third-order valence-electron chi connectivity index (χ3n) is 7.65. The van der Waals surface area contributed by atoms with Crippen LogP contribution in [-0.4, -0.2) is 85.2 Å². The molecule has 1 aliphatic heterocycles. The first kappa shape index (κ1) is 45.7. The van der Waals surface area contributed by atoms with Crippen LogP contribution in [0, 0.1) is 11.3 Å². The topological polar surface area (TPSA) is 217 Å². The molecule has 1 heterocycles. The van der Waals surface area contributed by atoms with E-state index in [1.54, 1.807) is 59.5 Å². The lowest BCUT2D eigenvalue weighted by molar-refractivity contribution is -0.193. The molecule has 54 heavy (non-hydrogen) atoms. The molecule has 3 aromatic rings. The van der Waals surface area contributed by atoms with Gasteiger partial charge in [-0.1, -0.05) is 59.6 Å². The molecule has 12 nitrogen and oxygen atoms in total. The van der Waals surface area contributed by atoms with Crippen LogP contribution in [0.1, 0.15) is 30.4 Å². The lowest BCUT2D eigenvalue weighted by atomic mass is 9.93. The van der Waals surface area contributed by atoms with E-state index in [9.17, 15) is 39.6 Å². The Kier molecular flexibility index (Phi) is 16.7. The summed E-state index contributed by atoms with van der Waals surface area (Å²) in [5.41, 5.74) is 13.8. The van der Waals surface area contributed by atoms with Crippen molar-refractivity contribution in [2.45, 2.75) is 49.0 Å². The fraction of sp³-hybridized carbons (Fsp3) is 0.333. The molecule has 0 bridgehead atoms. The predicted molar refractivity (Wildman–Crippen MR) is 188 cm³/mol. The normalized spacial score (nSPS) is 14.1. The number of hydrogen-bond acceptors (Lipinski definition) is 7. The van der Waals surface area contributed by atoms with Crippen molar-refractivity contribution >= 4 is 56.9 Å². The zero-order chi connectivity index (χ0) is 41.0. The molecule has 1 aliphatic rings. The van der Waals surface area contributed by atoms with Gasteiger partial charge in [0.1, 0.15) is 11.9 Å². The lowest BCUT2D eigenvalue weighted by Crippen LogP contribution is -2.51. The van der Waals surface area contributed by atoms with Crippen molar-refractivity contribution in [3.8, 4) is 11.1 Å². The number of benzene rings is 3. The van der Waals surface area contributed by atoms with E-state index >= 15 is 0 Å². The quantitative estimate of drug-likeness (QED) is 0.0840. The van der Waals surface area contributed by atoms with Gasteiger partial charge in [0, 0.05) is 34.3 Å². The van der Waals surface area contributed by atoms with Gasteiger partial charge in [-0.3, -0.25) is 10.2 Å². The fourth-order valence-electron chi connectivity index (χ4n) is 4.99. The lowest BCUT2D eigenvalue weighted by Gasteiger charge is -2.34. The van der Waals surface area contributed by atoms with Gasteiger partial charge in [-0.05, 0) is 79.6 Å². The Morgan fingerprint density at radius 3 is 1.96 bits per heavy atom. The standard InChI is InChI=1S/C29H33Cl2N5O3S.2C2HF3O2/c30-23-7-8-25(26(31)18-23)21-4-2-6-24(17-21)40(38,39)35-27(16-20-3-1-5-22(15-20)28(33)34)29(37)36-13-10-19(9-12-32)11-14-36;2*3-2(4,5)1(6)7/h1-8,15,17-19,27,35H,9-14,16,32H2,(H3,33,34);2*(H,6,7)/t27-;;/m0../s1. The number of hydrogen-bond donors (Lipinski definition) is 6. The van der Waals surface area contributed by atoms with Gasteiger partial charge in [-0.2, -0.15) is 31.1 Å². The van der Waals surface area contributed by atoms with Gasteiger partial charge in [0.15, 0.2) is 0 Å². The number of amidine groups is 1. The molecule has 3 aromatic carbocycles. The van der Waals surface area contributed by atoms with Crippen molar-refractivity contribution in [1.29, 1.82) is 5.41 Å². The number of carboxylic acid groups (broad SMARTS) is 2. The van der Waals surface area contributed by atoms with E-state index in [4.69, 9.17) is 59.9 Å². The number of carboxylic acids is 2. The van der Waals surface area contributed by atoms with Crippen LogP contribution in [0.25, 0.3) is 11.1 Å². The number of likely N-dealkylation sites (tertiary alicyclic amines) is 1. The number of nitrogens with one attached hydrogen (secondary N) is 2. The summed E-state index contributed by atoms with van der Waals surface area (Å²) in [7, 11) is -4.11. The Morgan fingerprint density at radius 2 is 1.46 bits per heavy atom. The molecule has 0 aromatic heterocycles. The summed E-state index contributed by atoms with van der Waals surface area (Å²) in [5, 5.41) is 22.9. The zero-order valence-electron chi connectivity index (χ0n) is 27.9. The van der Waals surface area contributed by atoms with Crippen molar-refractivity contribution < 1.29 is 59.4 Å². The van der Waals surface area contributed by atoms with Crippen molar-refractivity contribution in [2.75, 3.05) is 19.6 Å². The van der Waals surface area contributed by atoms with Crippen LogP contribution in [0.5, 0.6) is 0 Å². The van der Waals surface area contributed by atoms with E-state index in [1.807, 2.05) is 0 Å². The summed E-state index contributed by atoms with van der Waals surface area (Å²) in [6.45, 7) is 1.69. The first-order valence-corrected chi connectivity index (χ1v) is 17.8. The number of alkyl halides is 6. The summed E-state index contributed by atoms with van der Waals surface area (Å²) in [5.74, 6) is -5.45. The minimum Gasteiger partial charge on any atom is -0.475 e. The van der Waals surface area contributed by atoms with Crippen LogP contribution in [0.15, 0.2) is 71.6 Å². The second kappa shape index (κ2) is 19.8. The van der Waals surface area contributed by atoms with Crippen molar-refractivity contribution in [1.82, 2.24) is 9.62 Å². The van der Waals surface area contributed by atoms with Crippen LogP contribution < -0.4 is 16.2 Å². The van der Waals surface area contributed by atoms with Gasteiger partial charge >= 0.3 is 24.3 Å². The Balaban J connectivity index is 0.000000610. The average molecular weight is 831 g/mol. The number of halogens is 8.